The number of piperazine rings is 1. The van der Waals surface area contributed by atoms with Gasteiger partial charge in [0.25, 0.3) is 0 Å². The fourth-order valence-corrected chi connectivity index (χ4v) is 5.69. The summed E-state index contributed by atoms with van der Waals surface area (Å²) in [5, 5.41) is 5.52. The molecule has 5 rings (SSSR count). The fourth-order valence-electron chi connectivity index (χ4n) is 5.69. The summed E-state index contributed by atoms with van der Waals surface area (Å²) in [5.41, 5.74) is 11.1. The number of hydrogen-bond donors (Lipinski definition) is 3. The highest BCUT2D eigenvalue weighted by Crippen LogP contribution is 2.26. The Morgan fingerprint density at radius 2 is 1.46 bits per heavy atom. The number of nitrogen functional groups attached to an aromatic ring is 1. The maximum Gasteiger partial charge on any atom is 0.328 e. The Labute approximate surface area is 244 Å². The van der Waals surface area contributed by atoms with Crippen LogP contribution in [-0.2, 0) is 4.79 Å². The third-order valence-corrected chi connectivity index (χ3v) is 7.96. The molecular formula is C32H45N7O2. The number of allylic oxidation sites excluding steroid dienone is 3. The van der Waals surface area contributed by atoms with Gasteiger partial charge in [0.2, 0.25) is 5.91 Å². The Bertz CT molecular complexity index is 1180. The Hall–Kier alpha value is -3.98. The van der Waals surface area contributed by atoms with E-state index in [2.05, 4.69) is 63.1 Å². The maximum absolute atomic E-state index is 12.1. The first-order valence-electron chi connectivity index (χ1n) is 14.7. The van der Waals surface area contributed by atoms with E-state index in [0.29, 0.717) is 19.0 Å². The lowest BCUT2D eigenvalue weighted by atomic mass is 10.0. The first-order chi connectivity index (χ1) is 19.9. The Morgan fingerprint density at radius 3 is 2.02 bits per heavy atom. The molecule has 3 saturated heterocycles. The van der Waals surface area contributed by atoms with Crippen LogP contribution < -0.4 is 31.1 Å². The molecule has 3 amide bonds. The van der Waals surface area contributed by atoms with Gasteiger partial charge in [-0.05, 0) is 81.3 Å². The molecule has 3 aliphatic heterocycles. The molecule has 0 spiro atoms. The Morgan fingerprint density at radius 1 is 0.902 bits per heavy atom. The van der Waals surface area contributed by atoms with Gasteiger partial charge in [0.1, 0.15) is 0 Å². The van der Waals surface area contributed by atoms with E-state index in [1.54, 1.807) is 11.0 Å². The topological polar surface area (TPSA) is 97.2 Å². The molecule has 0 aromatic heterocycles. The molecule has 0 unspecified atom stereocenters. The van der Waals surface area contributed by atoms with Gasteiger partial charge >= 0.3 is 6.03 Å². The number of nitrogens with two attached hydrogens (primary N) is 1. The summed E-state index contributed by atoms with van der Waals surface area (Å²) >= 11 is 0. The highest BCUT2D eigenvalue weighted by atomic mass is 16.2. The van der Waals surface area contributed by atoms with E-state index in [9.17, 15) is 9.59 Å². The number of hydrogen-bond acceptors (Lipinski definition) is 7. The molecule has 4 N–H and O–H groups in total. The average Bonchev–Trinajstić information content (AvgIpc) is 2.99. The third kappa shape index (κ3) is 8.27. The van der Waals surface area contributed by atoms with Gasteiger partial charge in [-0.3, -0.25) is 19.9 Å². The largest absolute Gasteiger partial charge is 0.399 e. The summed E-state index contributed by atoms with van der Waals surface area (Å²) < 4.78 is 0. The van der Waals surface area contributed by atoms with E-state index in [1.807, 2.05) is 37.3 Å². The van der Waals surface area contributed by atoms with E-state index in [-0.39, 0.29) is 11.9 Å². The van der Waals surface area contributed by atoms with Crippen molar-refractivity contribution in [2.75, 3.05) is 72.8 Å². The summed E-state index contributed by atoms with van der Waals surface area (Å²) in [6, 6.07) is 16.6. The van der Waals surface area contributed by atoms with Crippen molar-refractivity contribution >= 4 is 34.7 Å². The van der Waals surface area contributed by atoms with Crippen LogP contribution in [0.4, 0.5) is 27.5 Å². The highest BCUT2D eigenvalue weighted by Gasteiger charge is 2.28. The van der Waals surface area contributed by atoms with Crippen LogP contribution in [0.15, 0.2) is 73.0 Å². The number of anilines is 4. The van der Waals surface area contributed by atoms with Gasteiger partial charge in [-0.2, -0.15) is 0 Å². The highest BCUT2D eigenvalue weighted by molar-refractivity contribution is 6.05. The molecule has 0 atom stereocenters. The second-order valence-corrected chi connectivity index (χ2v) is 10.7. The van der Waals surface area contributed by atoms with Crippen LogP contribution in [0.25, 0.3) is 0 Å². The van der Waals surface area contributed by atoms with Gasteiger partial charge in [0.15, 0.2) is 0 Å². The minimum absolute atomic E-state index is 0.207. The lowest BCUT2D eigenvalue weighted by Crippen LogP contribution is -2.53. The van der Waals surface area contributed by atoms with Crippen molar-refractivity contribution in [2.45, 2.75) is 39.2 Å². The van der Waals surface area contributed by atoms with Crippen LogP contribution >= 0.6 is 0 Å². The smallest absolute Gasteiger partial charge is 0.328 e. The second-order valence-electron chi connectivity index (χ2n) is 10.7. The molecule has 2 aromatic rings. The van der Waals surface area contributed by atoms with Crippen LogP contribution in [0.5, 0.6) is 0 Å². The number of carbonyl (C=O) groups excluding carboxylic acids is 2. The molecule has 41 heavy (non-hydrogen) atoms. The van der Waals surface area contributed by atoms with Crippen molar-refractivity contribution in [1.29, 1.82) is 0 Å². The van der Waals surface area contributed by atoms with E-state index in [4.69, 9.17) is 5.73 Å². The van der Waals surface area contributed by atoms with Gasteiger partial charge in [-0.1, -0.05) is 12.7 Å². The Balaban J connectivity index is 0.000000426. The lowest BCUT2D eigenvalue weighted by Gasteiger charge is -2.44. The predicted molar refractivity (Wildman–Crippen MR) is 169 cm³/mol. The standard InChI is InChI=1S/C25H32N6O2.C7H13N/c26-19-1-3-20(4-2-19)28-12-9-22(10-13-28)30-17-15-29(16-18-30)21-5-7-23(8-6-21)31-14-11-24(32)27-25(31)33;1-4-6-7(3)8-5-2/h1-8,22H,9-18,26H2,(H,27,32,33);4,6,8H,1,5H2,2-3H3/b;7-6+. The van der Waals surface area contributed by atoms with Crippen LogP contribution in [-0.4, -0.2) is 75.2 Å². The van der Waals surface area contributed by atoms with Crippen LogP contribution in [0.2, 0.25) is 0 Å². The average molecular weight is 560 g/mol. The quantitative estimate of drug-likeness (QED) is 0.346. The van der Waals surface area contributed by atoms with E-state index >= 15 is 0 Å². The molecule has 9 nitrogen and oxygen atoms in total. The first-order valence-corrected chi connectivity index (χ1v) is 14.7. The monoisotopic (exact) mass is 559 g/mol. The number of nitrogens with zero attached hydrogens (tertiary/aromatic N) is 4. The van der Waals surface area contributed by atoms with E-state index < -0.39 is 0 Å². The van der Waals surface area contributed by atoms with Crippen LogP contribution in [0.3, 0.4) is 0 Å². The predicted octanol–water partition coefficient (Wildman–Crippen LogP) is 4.19. The fraction of sp³-hybridized carbons (Fsp3) is 0.438. The zero-order chi connectivity index (χ0) is 29.2. The summed E-state index contributed by atoms with van der Waals surface area (Å²) in [7, 11) is 0. The number of imide groups is 1. The normalized spacial score (nSPS) is 18.9. The zero-order valence-electron chi connectivity index (χ0n) is 24.5. The van der Waals surface area contributed by atoms with E-state index in [1.165, 1.54) is 29.9 Å². The van der Waals surface area contributed by atoms with Crippen molar-refractivity contribution in [3.8, 4) is 0 Å². The van der Waals surface area contributed by atoms with Crippen molar-refractivity contribution < 1.29 is 9.59 Å². The third-order valence-electron chi connectivity index (χ3n) is 7.96. The van der Waals surface area contributed by atoms with Crippen molar-refractivity contribution in [1.82, 2.24) is 15.5 Å². The summed E-state index contributed by atoms with van der Waals surface area (Å²) in [5.74, 6) is -0.207. The number of nitrogens with one attached hydrogen (secondary N) is 2. The molecule has 220 valence electrons. The van der Waals surface area contributed by atoms with Gasteiger partial charge in [-0.25, -0.2) is 4.79 Å². The van der Waals surface area contributed by atoms with Crippen molar-refractivity contribution in [3.05, 3.63) is 73.0 Å². The molecule has 0 radical (unpaired) electrons. The number of urea groups is 1. The molecule has 2 aromatic carbocycles. The van der Waals surface area contributed by atoms with Gasteiger partial charge in [-0.15, -0.1) is 0 Å². The molecule has 3 aliphatic rings. The van der Waals surface area contributed by atoms with Crippen molar-refractivity contribution in [2.24, 2.45) is 0 Å². The number of rotatable bonds is 7. The molecule has 0 bridgehead atoms. The molecular weight excluding hydrogens is 514 g/mol. The number of piperidine rings is 1. The van der Waals surface area contributed by atoms with Gasteiger partial charge < -0.3 is 20.9 Å². The second kappa shape index (κ2) is 14.6. The SMILES string of the molecule is C=C/C=C(\C)NCC.Nc1ccc(N2CCC(N3CCN(c4ccc(N5CCC(=O)NC5=O)cc4)CC3)CC2)cc1. The van der Waals surface area contributed by atoms with Gasteiger partial charge in [0, 0.05) is 93.3 Å². The van der Waals surface area contributed by atoms with E-state index in [0.717, 1.165) is 57.2 Å². The molecule has 3 heterocycles. The van der Waals surface area contributed by atoms with Crippen molar-refractivity contribution in [3.63, 3.8) is 0 Å². The Kier molecular flexibility index (Phi) is 10.7. The molecule has 3 fully saturated rings. The maximum atomic E-state index is 12.1. The summed E-state index contributed by atoms with van der Waals surface area (Å²) in [4.78, 5) is 32.6. The summed E-state index contributed by atoms with van der Waals surface area (Å²) in [6.45, 7) is 15.4. The molecule has 9 heteroatoms. The minimum atomic E-state index is -0.338. The number of amides is 3. The lowest BCUT2D eigenvalue weighted by molar-refractivity contribution is -0.120. The molecule has 0 aliphatic carbocycles. The van der Waals surface area contributed by atoms with Crippen LogP contribution in [0.1, 0.15) is 33.1 Å². The number of carbonyl (C=O) groups is 2. The minimum Gasteiger partial charge on any atom is -0.399 e. The first kappa shape index (κ1) is 30.0. The van der Waals surface area contributed by atoms with Gasteiger partial charge in [0.05, 0.1) is 0 Å². The van der Waals surface area contributed by atoms with Crippen LogP contribution in [0, 0.1) is 0 Å². The summed E-state index contributed by atoms with van der Waals surface area (Å²) in [6.07, 6.45) is 6.45. The molecule has 0 saturated carbocycles. The number of benzene rings is 2. The zero-order valence-corrected chi connectivity index (χ0v) is 24.5.